The maximum Gasteiger partial charge on any atom is 0.128 e. The van der Waals surface area contributed by atoms with Crippen molar-refractivity contribution in [3.05, 3.63) is 58.6 Å². The van der Waals surface area contributed by atoms with Crippen LogP contribution in [0.3, 0.4) is 0 Å². The maximum atomic E-state index is 9.75. The van der Waals surface area contributed by atoms with E-state index in [1.165, 1.54) is 18.2 Å². The normalized spacial score (nSPS) is 11.5. The zero-order valence-corrected chi connectivity index (χ0v) is 10.7. The topological polar surface area (TPSA) is 73.1 Å². The van der Waals surface area contributed by atoms with Gasteiger partial charge in [-0.15, -0.1) is 0 Å². The highest BCUT2D eigenvalue weighted by molar-refractivity contribution is 6.30. The Hall–Kier alpha value is -2.20. The van der Waals surface area contributed by atoms with Crippen LogP contribution in [0.25, 0.3) is 0 Å². The van der Waals surface area contributed by atoms with Crippen LogP contribution in [0.1, 0.15) is 11.1 Å². The molecule has 0 bridgehead atoms. The minimum absolute atomic E-state index is 0.0544. The van der Waals surface area contributed by atoms with E-state index in [0.29, 0.717) is 22.7 Å². The van der Waals surface area contributed by atoms with Crippen molar-refractivity contribution in [1.82, 2.24) is 0 Å². The van der Waals surface area contributed by atoms with Gasteiger partial charge in [-0.2, -0.15) is 0 Å². The van der Waals surface area contributed by atoms with E-state index in [2.05, 4.69) is 5.16 Å². The van der Waals surface area contributed by atoms with Gasteiger partial charge in [0.1, 0.15) is 11.5 Å². The van der Waals surface area contributed by atoms with Crippen LogP contribution in [-0.2, 0) is 6.42 Å². The number of hydrogen-bond donors (Lipinski definition) is 3. The molecule has 0 saturated carbocycles. The van der Waals surface area contributed by atoms with Gasteiger partial charge in [-0.3, -0.25) is 0 Å². The molecule has 98 valence electrons. The minimum atomic E-state index is -0.144. The second-order valence-corrected chi connectivity index (χ2v) is 4.49. The van der Waals surface area contributed by atoms with Crippen LogP contribution < -0.4 is 0 Å². The number of aromatic hydroxyl groups is 2. The molecule has 2 aromatic rings. The monoisotopic (exact) mass is 277 g/mol. The quantitative estimate of drug-likeness (QED) is 0.458. The Bertz CT molecular complexity index is 626. The lowest BCUT2D eigenvalue weighted by atomic mass is 10.0. The molecule has 0 atom stereocenters. The molecule has 2 rings (SSSR count). The van der Waals surface area contributed by atoms with Crippen molar-refractivity contribution in [2.45, 2.75) is 6.42 Å². The summed E-state index contributed by atoms with van der Waals surface area (Å²) in [6.45, 7) is 0. The van der Waals surface area contributed by atoms with Gasteiger partial charge >= 0.3 is 0 Å². The van der Waals surface area contributed by atoms with Crippen LogP contribution in [0.4, 0.5) is 0 Å². The third kappa shape index (κ3) is 3.17. The number of hydrogen-bond acceptors (Lipinski definition) is 4. The smallest absolute Gasteiger partial charge is 0.128 e. The van der Waals surface area contributed by atoms with E-state index < -0.39 is 0 Å². The van der Waals surface area contributed by atoms with Crippen LogP contribution >= 0.6 is 11.6 Å². The molecule has 2 aromatic carbocycles. The lowest BCUT2D eigenvalue weighted by Gasteiger charge is -2.08. The molecule has 19 heavy (non-hydrogen) atoms. The third-order valence-corrected chi connectivity index (χ3v) is 2.91. The maximum absolute atomic E-state index is 9.75. The van der Waals surface area contributed by atoms with E-state index in [-0.39, 0.29) is 11.5 Å². The summed E-state index contributed by atoms with van der Waals surface area (Å²) in [5.74, 6) is -0.198. The van der Waals surface area contributed by atoms with Crippen molar-refractivity contribution in [3.8, 4) is 11.5 Å². The number of phenols is 2. The summed E-state index contributed by atoms with van der Waals surface area (Å²) in [4.78, 5) is 0. The van der Waals surface area contributed by atoms with Gasteiger partial charge in [-0.1, -0.05) is 28.9 Å². The molecule has 5 heteroatoms. The molecule has 0 spiro atoms. The standard InChI is InChI=1S/C14H12ClNO3/c15-10-3-1-2-9(6-10)7-13(16-19)12-5-4-11(17)8-14(12)18/h1-6,8,17-19H,7H2/b16-13+. The van der Waals surface area contributed by atoms with Gasteiger partial charge in [-0.05, 0) is 29.8 Å². The number of halogens is 1. The highest BCUT2D eigenvalue weighted by atomic mass is 35.5. The van der Waals surface area contributed by atoms with Gasteiger partial charge < -0.3 is 15.4 Å². The second kappa shape index (κ2) is 5.63. The fourth-order valence-electron chi connectivity index (χ4n) is 1.79. The lowest BCUT2D eigenvalue weighted by molar-refractivity contribution is 0.318. The van der Waals surface area contributed by atoms with Gasteiger partial charge in [0.25, 0.3) is 0 Å². The summed E-state index contributed by atoms with van der Waals surface area (Å²) in [6.07, 6.45) is 0.315. The van der Waals surface area contributed by atoms with E-state index in [1.807, 2.05) is 6.07 Å². The molecule has 0 aliphatic carbocycles. The first-order valence-electron chi connectivity index (χ1n) is 5.58. The molecule has 0 unspecified atom stereocenters. The highest BCUT2D eigenvalue weighted by Crippen LogP contribution is 2.24. The summed E-state index contributed by atoms with van der Waals surface area (Å²) >= 11 is 5.88. The average molecular weight is 278 g/mol. The molecule has 3 N–H and O–H groups in total. The largest absolute Gasteiger partial charge is 0.508 e. The first kappa shape index (κ1) is 13.2. The second-order valence-electron chi connectivity index (χ2n) is 4.05. The number of rotatable bonds is 3. The first-order valence-corrected chi connectivity index (χ1v) is 5.95. The van der Waals surface area contributed by atoms with Crippen molar-refractivity contribution in [1.29, 1.82) is 0 Å². The third-order valence-electron chi connectivity index (χ3n) is 2.67. The molecule has 0 aliphatic rings. The fourth-order valence-corrected chi connectivity index (χ4v) is 2.00. The summed E-state index contributed by atoms with van der Waals surface area (Å²) in [6, 6.07) is 11.2. The molecular weight excluding hydrogens is 266 g/mol. The predicted molar refractivity (Wildman–Crippen MR) is 73.3 cm³/mol. The summed E-state index contributed by atoms with van der Waals surface area (Å²) in [7, 11) is 0. The Morgan fingerprint density at radius 1 is 1.11 bits per heavy atom. The van der Waals surface area contributed by atoms with E-state index in [1.54, 1.807) is 18.2 Å². The molecular formula is C14H12ClNO3. The molecule has 0 heterocycles. The Balaban J connectivity index is 2.31. The van der Waals surface area contributed by atoms with Crippen molar-refractivity contribution in [2.75, 3.05) is 0 Å². The number of phenolic OH excluding ortho intramolecular Hbond substituents is 2. The van der Waals surface area contributed by atoms with Crippen LogP contribution in [0.15, 0.2) is 47.6 Å². The number of oxime groups is 1. The zero-order chi connectivity index (χ0) is 13.8. The molecule has 4 nitrogen and oxygen atoms in total. The van der Waals surface area contributed by atoms with Gasteiger partial charge in [0, 0.05) is 23.1 Å². The van der Waals surface area contributed by atoms with Crippen molar-refractivity contribution in [2.24, 2.45) is 5.16 Å². The van der Waals surface area contributed by atoms with Gasteiger partial charge in [0.2, 0.25) is 0 Å². The van der Waals surface area contributed by atoms with Gasteiger partial charge in [0.05, 0.1) is 5.71 Å². The summed E-state index contributed by atoms with van der Waals surface area (Å²) < 4.78 is 0. The van der Waals surface area contributed by atoms with Crippen LogP contribution in [0.5, 0.6) is 11.5 Å². The fraction of sp³-hybridized carbons (Fsp3) is 0.0714. The molecule has 0 saturated heterocycles. The molecule has 0 radical (unpaired) electrons. The number of nitrogens with zero attached hydrogens (tertiary/aromatic N) is 1. The Morgan fingerprint density at radius 2 is 1.89 bits per heavy atom. The minimum Gasteiger partial charge on any atom is -0.508 e. The molecule has 0 amide bonds. The lowest BCUT2D eigenvalue weighted by Crippen LogP contribution is -2.05. The van der Waals surface area contributed by atoms with E-state index >= 15 is 0 Å². The SMILES string of the molecule is O/N=C(\Cc1cccc(Cl)c1)c1ccc(O)cc1O. The summed E-state index contributed by atoms with van der Waals surface area (Å²) in [5, 5.41) is 31.9. The van der Waals surface area contributed by atoms with Crippen LogP contribution in [0, 0.1) is 0 Å². The first-order chi connectivity index (χ1) is 9.10. The average Bonchev–Trinajstić information content (AvgIpc) is 2.37. The number of benzene rings is 2. The summed E-state index contributed by atoms with van der Waals surface area (Å²) in [5.41, 5.74) is 1.51. The van der Waals surface area contributed by atoms with Gasteiger partial charge in [0.15, 0.2) is 0 Å². The van der Waals surface area contributed by atoms with E-state index in [0.717, 1.165) is 5.56 Å². The highest BCUT2D eigenvalue weighted by Gasteiger charge is 2.11. The molecule has 0 fully saturated rings. The molecule has 0 aromatic heterocycles. The Labute approximate surface area is 115 Å². The predicted octanol–water partition coefficient (Wildman–Crippen LogP) is 3.17. The van der Waals surface area contributed by atoms with Crippen molar-refractivity contribution in [3.63, 3.8) is 0 Å². The zero-order valence-electron chi connectivity index (χ0n) is 9.92. The molecule has 0 aliphatic heterocycles. The van der Waals surface area contributed by atoms with Crippen LogP contribution in [0.2, 0.25) is 5.02 Å². The van der Waals surface area contributed by atoms with E-state index in [9.17, 15) is 10.2 Å². The Kier molecular flexibility index (Phi) is 3.92. The van der Waals surface area contributed by atoms with Crippen LogP contribution in [-0.4, -0.2) is 21.1 Å². The van der Waals surface area contributed by atoms with Crippen molar-refractivity contribution < 1.29 is 15.4 Å². The van der Waals surface area contributed by atoms with E-state index in [4.69, 9.17) is 16.8 Å². The van der Waals surface area contributed by atoms with Crippen molar-refractivity contribution >= 4 is 17.3 Å². The Morgan fingerprint density at radius 3 is 2.53 bits per heavy atom. The van der Waals surface area contributed by atoms with Gasteiger partial charge in [-0.25, -0.2) is 0 Å².